The summed E-state index contributed by atoms with van der Waals surface area (Å²) in [5, 5.41) is 3.33. The molecule has 3 rings (SSSR count). The summed E-state index contributed by atoms with van der Waals surface area (Å²) in [6.45, 7) is 0.446. The molecule has 0 aliphatic rings. The van der Waals surface area contributed by atoms with Crippen molar-refractivity contribution in [2.75, 3.05) is 6.54 Å². The van der Waals surface area contributed by atoms with Gasteiger partial charge < -0.3 is 15.3 Å². The lowest BCUT2D eigenvalue weighted by atomic mass is 10.2. The van der Waals surface area contributed by atoms with E-state index in [0.29, 0.717) is 23.9 Å². The van der Waals surface area contributed by atoms with Crippen LogP contribution in [-0.2, 0) is 6.42 Å². The molecule has 3 N–H and O–H groups in total. The molecular formula is C15H14N4O2. The van der Waals surface area contributed by atoms with Crippen molar-refractivity contribution in [1.29, 1.82) is 0 Å². The maximum absolute atomic E-state index is 12.1. The highest BCUT2D eigenvalue weighted by molar-refractivity contribution is 5.94. The molecule has 0 aliphatic heterocycles. The van der Waals surface area contributed by atoms with Crippen molar-refractivity contribution in [2.24, 2.45) is 0 Å². The van der Waals surface area contributed by atoms with Crippen LogP contribution in [0.15, 0.2) is 47.5 Å². The average Bonchev–Trinajstić information content (AvgIpc) is 3.00. The summed E-state index contributed by atoms with van der Waals surface area (Å²) in [6, 6.07) is 8.44. The zero-order valence-electron chi connectivity index (χ0n) is 11.2. The molecule has 0 bridgehead atoms. The van der Waals surface area contributed by atoms with E-state index < -0.39 is 0 Å². The van der Waals surface area contributed by atoms with Crippen molar-refractivity contribution >= 4 is 16.8 Å². The minimum Gasteiger partial charge on any atom is -0.350 e. The van der Waals surface area contributed by atoms with E-state index in [1.54, 1.807) is 30.6 Å². The number of aromatic amines is 2. The SMILES string of the molecule is O=C(NCCc1ncc[nH]1)c1cc(=O)c2ccccc2[nH]1. The van der Waals surface area contributed by atoms with Crippen LogP contribution in [0.1, 0.15) is 16.3 Å². The number of fused-ring (bicyclic) bond motifs is 1. The summed E-state index contributed by atoms with van der Waals surface area (Å²) in [5.74, 6) is 0.506. The third-order valence-corrected chi connectivity index (χ3v) is 3.18. The van der Waals surface area contributed by atoms with Crippen molar-refractivity contribution < 1.29 is 4.79 Å². The van der Waals surface area contributed by atoms with Gasteiger partial charge in [0.1, 0.15) is 11.5 Å². The monoisotopic (exact) mass is 282 g/mol. The van der Waals surface area contributed by atoms with Crippen molar-refractivity contribution in [3.63, 3.8) is 0 Å². The van der Waals surface area contributed by atoms with Gasteiger partial charge in [0, 0.05) is 42.3 Å². The minimum atomic E-state index is -0.301. The Morgan fingerprint density at radius 1 is 1.29 bits per heavy atom. The quantitative estimate of drug-likeness (QED) is 0.672. The second-order valence-corrected chi connectivity index (χ2v) is 4.63. The lowest BCUT2D eigenvalue weighted by Crippen LogP contribution is -2.27. The number of nitrogens with one attached hydrogen (secondary N) is 3. The molecule has 0 unspecified atom stereocenters. The number of hydrogen-bond acceptors (Lipinski definition) is 3. The van der Waals surface area contributed by atoms with Gasteiger partial charge in [0.2, 0.25) is 0 Å². The Labute approximate surface area is 120 Å². The van der Waals surface area contributed by atoms with Gasteiger partial charge >= 0.3 is 0 Å². The largest absolute Gasteiger partial charge is 0.350 e. The Morgan fingerprint density at radius 2 is 2.14 bits per heavy atom. The van der Waals surface area contributed by atoms with Crippen LogP contribution in [0.2, 0.25) is 0 Å². The summed E-state index contributed by atoms with van der Waals surface area (Å²) in [6.07, 6.45) is 4.01. The number of rotatable bonds is 4. The number of carbonyl (C=O) groups is 1. The molecule has 6 heteroatoms. The molecular weight excluding hydrogens is 268 g/mol. The number of nitrogens with zero attached hydrogens (tertiary/aromatic N) is 1. The molecule has 1 aromatic carbocycles. The van der Waals surface area contributed by atoms with Crippen molar-refractivity contribution in [3.05, 3.63) is 64.5 Å². The highest BCUT2D eigenvalue weighted by atomic mass is 16.2. The van der Waals surface area contributed by atoms with E-state index in [-0.39, 0.29) is 17.0 Å². The summed E-state index contributed by atoms with van der Waals surface area (Å²) in [5.41, 5.74) is 0.750. The Balaban J connectivity index is 1.74. The Hall–Kier alpha value is -2.89. The third kappa shape index (κ3) is 2.84. The lowest BCUT2D eigenvalue weighted by Gasteiger charge is -2.05. The molecule has 0 aliphatic carbocycles. The maximum Gasteiger partial charge on any atom is 0.267 e. The van der Waals surface area contributed by atoms with Gasteiger partial charge in [-0.2, -0.15) is 0 Å². The van der Waals surface area contributed by atoms with Crippen molar-refractivity contribution in [1.82, 2.24) is 20.3 Å². The summed E-state index contributed by atoms with van der Waals surface area (Å²) in [4.78, 5) is 34.0. The highest BCUT2D eigenvalue weighted by Crippen LogP contribution is 2.07. The van der Waals surface area contributed by atoms with E-state index in [1.807, 2.05) is 6.07 Å². The van der Waals surface area contributed by atoms with Crippen molar-refractivity contribution in [2.45, 2.75) is 6.42 Å². The molecule has 0 saturated heterocycles. The van der Waals surface area contributed by atoms with Gasteiger partial charge in [0.05, 0.1) is 0 Å². The van der Waals surface area contributed by atoms with Gasteiger partial charge in [0.15, 0.2) is 5.43 Å². The fourth-order valence-corrected chi connectivity index (χ4v) is 2.14. The number of hydrogen-bond donors (Lipinski definition) is 3. The van der Waals surface area contributed by atoms with E-state index >= 15 is 0 Å². The van der Waals surface area contributed by atoms with Crippen molar-refractivity contribution in [3.8, 4) is 0 Å². The first-order chi connectivity index (χ1) is 10.2. The Bertz CT molecular complexity index is 821. The van der Waals surface area contributed by atoms with Crippen LogP contribution in [-0.4, -0.2) is 27.4 Å². The fraction of sp³-hybridized carbons (Fsp3) is 0.133. The molecule has 106 valence electrons. The van der Waals surface area contributed by atoms with Gasteiger partial charge in [-0.15, -0.1) is 0 Å². The predicted molar refractivity (Wildman–Crippen MR) is 79.2 cm³/mol. The fourth-order valence-electron chi connectivity index (χ4n) is 2.14. The standard InChI is InChI=1S/C15H14N4O2/c20-13-9-12(19-11-4-2-1-3-10(11)13)15(21)18-6-5-14-16-7-8-17-14/h1-4,7-9H,5-6H2,(H,16,17)(H,18,21)(H,19,20). The van der Waals surface area contributed by atoms with Crippen LogP contribution in [0.5, 0.6) is 0 Å². The molecule has 0 atom stereocenters. The molecule has 2 heterocycles. The van der Waals surface area contributed by atoms with Gasteiger partial charge in [0.25, 0.3) is 5.91 Å². The van der Waals surface area contributed by atoms with Crippen LogP contribution in [0.25, 0.3) is 10.9 Å². The molecule has 0 fully saturated rings. The highest BCUT2D eigenvalue weighted by Gasteiger charge is 2.09. The molecule has 0 spiro atoms. The molecule has 6 nitrogen and oxygen atoms in total. The zero-order chi connectivity index (χ0) is 14.7. The number of pyridine rings is 1. The number of carbonyl (C=O) groups excluding carboxylic acids is 1. The topological polar surface area (TPSA) is 90.6 Å². The molecule has 0 saturated carbocycles. The number of benzene rings is 1. The van der Waals surface area contributed by atoms with Crippen LogP contribution < -0.4 is 10.7 Å². The first-order valence-electron chi connectivity index (χ1n) is 6.62. The summed E-state index contributed by atoms with van der Waals surface area (Å²) < 4.78 is 0. The number of imidazole rings is 1. The van der Waals surface area contributed by atoms with E-state index in [4.69, 9.17) is 0 Å². The van der Waals surface area contributed by atoms with E-state index in [9.17, 15) is 9.59 Å². The molecule has 0 radical (unpaired) electrons. The summed E-state index contributed by atoms with van der Waals surface area (Å²) in [7, 11) is 0. The van der Waals surface area contributed by atoms with Crippen LogP contribution in [0, 0.1) is 0 Å². The van der Waals surface area contributed by atoms with Crippen LogP contribution in [0.3, 0.4) is 0 Å². The molecule has 1 amide bonds. The predicted octanol–water partition coefficient (Wildman–Crippen LogP) is 1.22. The zero-order valence-corrected chi connectivity index (χ0v) is 11.2. The first-order valence-corrected chi connectivity index (χ1v) is 6.62. The number of para-hydroxylation sites is 1. The van der Waals surface area contributed by atoms with Gasteiger partial charge in [-0.3, -0.25) is 9.59 Å². The normalized spacial score (nSPS) is 10.7. The maximum atomic E-state index is 12.1. The molecule has 3 aromatic rings. The second kappa shape index (κ2) is 5.62. The van der Waals surface area contributed by atoms with E-state index in [1.165, 1.54) is 6.07 Å². The number of aromatic nitrogens is 3. The second-order valence-electron chi connectivity index (χ2n) is 4.63. The van der Waals surface area contributed by atoms with Gasteiger partial charge in [-0.25, -0.2) is 4.98 Å². The average molecular weight is 282 g/mol. The van der Waals surface area contributed by atoms with E-state index in [2.05, 4.69) is 20.3 Å². The molecule has 2 aromatic heterocycles. The first kappa shape index (κ1) is 13.1. The smallest absolute Gasteiger partial charge is 0.267 e. The third-order valence-electron chi connectivity index (χ3n) is 3.18. The molecule has 21 heavy (non-hydrogen) atoms. The minimum absolute atomic E-state index is 0.166. The van der Waals surface area contributed by atoms with Gasteiger partial charge in [-0.1, -0.05) is 12.1 Å². The van der Waals surface area contributed by atoms with Crippen LogP contribution in [0.4, 0.5) is 0 Å². The van der Waals surface area contributed by atoms with E-state index in [0.717, 1.165) is 5.82 Å². The Kier molecular flexibility index (Phi) is 3.51. The number of amides is 1. The van der Waals surface area contributed by atoms with Crippen LogP contribution >= 0.6 is 0 Å². The Morgan fingerprint density at radius 3 is 2.95 bits per heavy atom. The lowest BCUT2D eigenvalue weighted by molar-refractivity contribution is 0.0949. The summed E-state index contributed by atoms with van der Waals surface area (Å²) >= 11 is 0. The van der Waals surface area contributed by atoms with Gasteiger partial charge in [-0.05, 0) is 12.1 Å². The number of H-pyrrole nitrogens is 2.